The second-order valence-corrected chi connectivity index (χ2v) is 4.26. The van der Waals surface area contributed by atoms with E-state index in [2.05, 4.69) is 10.1 Å². The van der Waals surface area contributed by atoms with E-state index in [9.17, 15) is 5.11 Å². The number of aromatic nitrogens is 4. The normalized spacial score (nSPS) is 12.8. The van der Waals surface area contributed by atoms with Crippen LogP contribution in [0.1, 0.15) is 17.5 Å². The van der Waals surface area contributed by atoms with Gasteiger partial charge in [0, 0.05) is 19.4 Å². The third-order valence-electron chi connectivity index (χ3n) is 3.09. The van der Waals surface area contributed by atoms with Crippen molar-refractivity contribution >= 4 is 5.65 Å². The van der Waals surface area contributed by atoms with Gasteiger partial charge in [-0.1, -0.05) is 6.07 Å². The summed E-state index contributed by atoms with van der Waals surface area (Å²) in [6, 6.07) is 5.70. The van der Waals surface area contributed by atoms with Crippen molar-refractivity contribution < 1.29 is 9.84 Å². The third kappa shape index (κ3) is 1.86. The van der Waals surface area contributed by atoms with E-state index < -0.39 is 6.10 Å². The Morgan fingerprint density at radius 1 is 1.37 bits per heavy atom. The lowest BCUT2D eigenvalue weighted by Crippen LogP contribution is -2.08. The first-order chi connectivity index (χ1) is 9.20. The number of rotatable bonds is 3. The lowest BCUT2D eigenvalue weighted by molar-refractivity contribution is 0.200. The molecular formula is C13H14N4O2. The molecule has 3 heterocycles. The quantitative estimate of drug-likeness (QED) is 0.765. The van der Waals surface area contributed by atoms with E-state index in [1.807, 2.05) is 28.8 Å². The Morgan fingerprint density at radius 3 is 2.95 bits per heavy atom. The van der Waals surface area contributed by atoms with Gasteiger partial charge in [0.25, 0.3) is 0 Å². The van der Waals surface area contributed by atoms with E-state index in [0.29, 0.717) is 17.1 Å². The summed E-state index contributed by atoms with van der Waals surface area (Å²) >= 11 is 0. The highest BCUT2D eigenvalue weighted by molar-refractivity contribution is 5.42. The van der Waals surface area contributed by atoms with Crippen LogP contribution in [0.15, 0.2) is 36.8 Å². The molecule has 0 saturated heterocycles. The second kappa shape index (κ2) is 4.40. The Morgan fingerprint density at radius 2 is 2.21 bits per heavy atom. The van der Waals surface area contributed by atoms with Crippen LogP contribution in [0.3, 0.4) is 0 Å². The molecule has 3 aromatic heterocycles. The van der Waals surface area contributed by atoms with Crippen LogP contribution in [-0.4, -0.2) is 31.4 Å². The summed E-state index contributed by atoms with van der Waals surface area (Å²) < 4.78 is 8.66. The predicted molar refractivity (Wildman–Crippen MR) is 69.0 cm³/mol. The van der Waals surface area contributed by atoms with Crippen molar-refractivity contribution in [3.63, 3.8) is 0 Å². The zero-order valence-electron chi connectivity index (χ0n) is 10.7. The number of pyridine rings is 1. The molecule has 3 aromatic rings. The van der Waals surface area contributed by atoms with Crippen LogP contribution in [0.2, 0.25) is 0 Å². The van der Waals surface area contributed by atoms with Crippen LogP contribution in [0.5, 0.6) is 5.75 Å². The van der Waals surface area contributed by atoms with Crippen molar-refractivity contribution in [1.29, 1.82) is 0 Å². The molecule has 1 N–H and O–H groups in total. The van der Waals surface area contributed by atoms with Crippen LogP contribution >= 0.6 is 0 Å². The number of nitrogens with zero attached hydrogens (tertiary/aromatic N) is 4. The van der Waals surface area contributed by atoms with Crippen LogP contribution in [0, 0.1) is 0 Å². The average Bonchev–Trinajstić information content (AvgIpc) is 3.01. The summed E-state index contributed by atoms with van der Waals surface area (Å²) in [6.45, 7) is 0. The van der Waals surface area contributed by atoms with Gasteiger partial charge in [-0.05, 0) is 12.1 Å². The van der Waals surface area contributed by atoms with E-state index in [1.165, 1.54) is 0 Å². The van der Waals surface area contributed by atoms with Crippen molar-refractivity contribution in [2.24, 2.45) is 7.05 Å². The summed E-state index contributed by atoms with van der Waals surface area (Å²) in [5, 5.41) is 14.5. The van der Waals surface area contributed by atoms with Gasteiger partial charge >= 0.3 is 0 Å². The molecule has 3 rings (SSSR count). The lowest BCUT2D eigenvalue weighted by Gasteiger charge is -2.10. The Balaban J connectivity index is 2.07. The van der Waals surface area contributed by atoms with E-state index in [1.54, 1.807) is 31.2 Å². The highest BCUT2D eigenvalue weighted by Crippen LogP contribution is 2.28. The number of aliphatic hydroxyl groups excluding tert-OH is 1. The van der Waals surface area contributed by atoms with Crippen LogP contribution in [0.25, 0.3) is 5.65 Å². The number of hydrogen-bond acceptors (Lipinski definition) is 4. The van der Waals surface area contributed by atoms with Crippen LogP contribution in [0.4, 0.5) is 0 Å². The number of fused-ring (bicyclic) bond motifs is 1. The molecule has 0 aromatic carbocycles. The molecule has 19 heavy (non-hydrogen) atoms. The smallest absolute Gasteiger partial charge is 0.163 e. The fraction of sp³-hybridized carbons (Fsp3) is 0.231. The maximum Gasteiger partial charge on any atom is 0.163 e. The molecule has 0 fully saturated rings. The minimum Gasteiger partial charge on any atom is -0.493 e. The Hall–Kier alpha value is -2.34. The summed E-state index contributed by atoms with van der Waals surface area (Å²) in [5.74, 6) is 0.548. The first-order valence-electron chi connectivity index (χ1n) is 5.88. The molecule has 0 saturated carbocycles. The number of ether oxygens (including phenoxy) is 1. The zero-order chi connectivity index (χ0) is 13.4. The molecule has 6 heteroatoms. The van der Waals surface area contributed by atoms with Crippen molar-refractivity contribution in [1.82, 2.24) is 19.2 Å². The summed E-state index contributed by atoms with van der Waals surface area (Å²) in [5.41, 5.74) is 1.94. The maximum absolute atomic E-state index is 10.5. The molecule has 1 atom stereocenters. The Labute approximate surface area is 109 Å². The maximum atomic E-state index is 10.5. The highest BCUT2D eigenvalue weighted by atomic mass is 16.5. The SMILES string of the molecule is COc1cnn(C)c1C(O)c1cn2ccccc2n1. The molecule has 0 bridgehead atoms. The fourth-order valence-corrected chi connectivity index (χ4v) is 2.12. The van der Waals surface area contributed by atoms with E-state index in [-0.39, 0.29) is 0 Å². The lowest BCUT2D eigenvalue weighted by atomic mass is 10.2. The van der Waals surface area contributed by atoms with Crippen molar-refractivity contribution in [3.05, 3.63) is 48.2 Å². The molecule has 0 spiro atoms. The number of aliphatic hydroxyl groups is 1. The minimum absolute atomic E-state index is 0.548. The van der Waals surface area contributed by atoms with Gasteiger partial charge in [-0.3, -0.25) is 4.68 Å². The van der Waals surface area contributed by atoms with Gasteiger partial charge in [0.15, 0.2) is 5.75 Å². The van der Waals surface area contributed by atoms with Crippen molar-refractivity contribution in [2.45, 2.75) is 6.10 Å². The molecule has 0 aliphatic carbocycles. The Bertz CT molecular complexity index is 683. The zero-order valence-corrected chi connectivity index (χ0v) is 10.7. The van der Waals surface area contributed by atoms with E-state index in [4.69, 9.17) is 4.74 Å². The molecular weight excluding hydrogens is 244 g/mol. The predicted octanol–water partition coefficient (Wildman–Crippen LogP) is 1.16. The van der Waals surface area contributed by atoms with Gasteiger partial charge in [0.1, 0.15) is 17.4 Å². The molecule has 98 valence electrons. The van der Waals surface area contributed by atoms with Gasteiger partial charge in [-0.15, -0.1) is 0 Å². The standard InChI is InChI=1S/C13H14N4O2/c1-16-12(10(19-2)7-14-16)13(18)9-8-17-6-4-3-5-11(17)15-9/h3-8,13,18H,1-2H3. The Kier molecular flexibility index (Phi) is 2.72. The fourth-order valence-electron chi connectivity index (χ4n) is 2.12. The molecule has 1 unspecified atom stereocenters. The number of imidazole rings is 1. The summed E-state index contributed by atoms with van der Waals surface area (Å²) in [7, 11) is 3.31. The summed E-state index contributed by atoms with van der Waals surface area (Å²) in [4.78, 5) is 4.40. The van der Waals surface area contributed by atoms with Crippen molar-refractivity contribution in [2.75, 3.05) is 7.11 Å². The molecule has 0 radical (unpaired) electrons. The van der Waals surface area contributed by atoms with Gasteiger partial charge in [0.05, 0.1) is 19.0 Å². The second-order valence-electron chi connectivity index (χ2n) is 4.26. The first-order valence-corrected chi connectivity index (χ1v) is 5.88. The topological polar surface area (TPSA) is 64.6 Å². The largest absolute Gasteiger partial charge is 0.493 e. The molecule has 0 amide bonds. The van der Waals surface area contributed by atoms with Gasteiger partial charge in [-0.2, -0.15) is 5.10 Å². The number of hydrogen-bond donors (Lipinski definition) is 1. The minimum atomic E-state index is -0.873. The average molecular weight is 258 g/mol. The van der Waals surface area contributed by atoms with Gasteiger partial charge < -0.3 is 14.2 Å². The number of aryl methyl sites for hydroxylation is 1. The van der Waals surface area contributed by atoms with E-state index >= 15 is 0 Å². The highest BCUT2D eigenvalue weighted by Gasteiger charge is 2.22. The number of methoxy groups -OCH3 is 1. The van der Waals surface area contributed by atoms with Crippen LogP contribution < -0.4 is 4.74 Å². The van der Waals surface area contributed by atoms with E-state index in [0.717, 1.165) is 5.65 Å². The van der Waals surface area contributed by atoms with Crippen LogP contribution in [-0.2, 0) is 7.05 Å². The molecule has 6 nitrogen and oxygen atoms in total. The molecule has 0 aliphatic rings. The third-order valence-corrected chi connectivity index (χ3v) is 3.09. The van der Waals surface area contributed by atoms with Gasteiger partial charge in [-0.25, -0.2) is 4.98 Å². The van der Waals surface area contributed by atoms with Crippen molar-refractivity contribution in [3.8, 4) is 5.75 Å². The van der Waals surface area contributed by atoms with Gasteiger partial charge in [0.2, 0.25) is 0 Å². The monoisotopic (exact) mass is 258 g/mol. The first kappa shape index (κ1) is 11.7. The molecule has 0 aliphatic heterocycles. The summed E-state index contributed by atoms with van der Waals surface area (Å²) in [6.07, 6.45) is 4.39.